The van der Waals surface area contributed by atoms with Crippen molar-refractivity contribution in [2.45, 2.75) is 56.8 Å². The number of hydrogen-bond donors (Lipinski definition) is 2. The van der Waals surface area contributed by atoms with Gasteiger partial charge in [0.25, 0.3) is 5.91 Å². The Morgan fingerprint density at radius 3 is 2.30 bits per heavy atom. The number of nitrogens with one attached hydrogen (secondary N) is 1. The number of amides is 1. The van der Waals surface area contributed by atoms with Gasteiger partial charge in [-0.2, -0.15) is 0 Å². The SMILES string of the molecule is [N-]=[N+]=NCc1ccccc1C[C@]1(C(=O)NN2CCCCC2)N=C(c2ccc(OCCCO)cc2)O[C@H]1c1ccccc1CN=[N+]=[N-]. The Morgan fingerprint density at radius 2 is 1.61 bits per heavy atom. The number of hydrogen-bond acceptors (Lipinski definition) is 8. The number of piperidine rings is 1. The molecule has 0 unspecified atom stereocenters. The monoisotopic (exact) mass is 623 g/mol. The van der Waals surface area contributed by atoms with Gasteiger partial charge >= 0.3 is 0 Å². The second-order valence-corrected chi connectivity index (χ2v) is 11.2. The molecule has 0 spiro atoms. The van der Waals surface area contributed by atoms with E-state index in [9.17, 15) is 4.79 Å². The fraction of sp³-hybridized carbons (Fsp3) is 0.394. The molecule has 2 N–H and O–H groups in total. The van der Waals surface area contributed by atoms with E-state index in [1.807, 2.05) is 65.7 Å². The lowest BCUT2D eigenvalue weighted by molar-refractivity contribution is -0.134. The lowest BCUT2D eigenvalue weighted by Gasteiger charge is -2.35. The van der Waals surface area contributed by atoms with Crippen molar-refractivity contribution in [3.05, 3.63) is 121 Å². The Morgan fingerprint density at radius 1 is 0.957 bits per heavy atom. The fourth-order valence-electron chi connectivity index (χ4n) is 5.83. The Balaban J connectivity index is 1.64. The minimum Gasteiger partial charge on any atom is -0.494 e. The fourth-order valence-corrected chi connectivity index (χ4v) is 5.83. The Hall–Kier alpha value is -5.06. The van der Waals surface area contributed by atoms with Crippen molar-refractivity contribution in [2.75, 3.05) is 26.3 Å². The normalized spacial score (nSPS) is 19.2. The minimum atomic E-state index is -1.48. The summed E-state index contributed by atoms with van der Waals surface area (Å²) in [5.74, 6) is 0.593. The quantitative estimate of drug-likeness (QED) is 0.0953. The molecule has 1 saturated heterocycles. The van der Waals surface area contributed by atoms with E-state index in [4.69, 9.17) is 30.6 Å². The van der Waals surface area contributed by atoms with Crippen LogP contribution in [0.5, 0.6) is 5.75 Å². The summed E-state index contributed by atoms with van der Waals surface area (Å²) in [6.45, 7) is 2.05. The molecular formula is C33H37N9O4. The zero-order chi connectivity index (χ0) is 32.2. The van der Waals surface area contributed by atoms with Crippen molar-refractivity contribution in [1.29, 1.82) is 0 Å². The van der Waals surface area contributed by atoms with Crippen molar-refractivity contribution in [2.24, 2.45) is 15.2 Å². The summed E-state index contributed by atoms with van der Waals surface area (Å²) >= 11 is 0. The maximum atomic E-state index is 14.7. The molecular weight excluding hydrogens is 586 g/mol. The van der Waals surface area contributed by atoms with Gasteiger partial charge in [0.15, 0.2) is 11.6 Å². The number of nitrogens with zero attached hydrogens (tertiary/aromatic N) is 8. The lowest BCUT2D eigenvalue weighted by atomic mass is 9.80. The molecule has 1 amide bonds. The summed E-state index contributed by atoms with van der Waals surface area (Å²) in [4.78, 5) is 25.7. The molecule has 238 valence electrons. The Kier molecular flexibility index (Phi) is 11.1. The molecule has 5 rings (SSSR count). The van der Waals surface area contributed by atoms with Crippen molar-refractivity contribution < 1.29 is 19.4 Å². The van der Waals surface area contributed by atoms with E-state index in [1.54, 1.807) is 12.1 Å². The van der Waals surface area contributed by atoms with Crippen LogP contribution < -0.4 is 10.2 Å². The third-order valence-electron chi connectivity index (χ3n) is 8.17. The van der Waals surface area contributed by atoms with Crippen LogP contribution in [0.25, 0.3) is 20.9 Å². The van der Waals surface area contributed by atoms with E-state index < -0.39 is 11.6 Å². The van der Waals surface area contributed by atoms with Gasteiger partial charge < -0.3 is 14.6 Å². The average molecular weight is 624 g/mol. The van der Waals surface area contributed by atoms with Crippen LogP contribution in [0.3, 0.4) is 0 Å². The highest BCUT2D eigenvalue weighted by molar-refractivity contribution is 6.01. The highest BCUT2D eigenvalue weighted by atomic mass is 16.5. The second kappa shape index (κ2) is 15.8. The molecule has 0 bridgehead atoms. The Bertz CT molecular complexity index is 1630. The molecule has 3 aromatic carbocycles. The summed E-state index contributed by atoms with van der Waals surface area (Å²) in [5.41, 5.74) is 23.5. The van der Waals surface area contributed by atoms with Gasteiger partial charge in [0.05, 0.1) is 19.7 Å². The third kappa shape index (κ3) is 7.59. The number of rotatable bonds is 14. The summed E-state index contributed by atoms with van der Waals surface area (Å²) in [7, 11) is 0. The smallest absolute Gasteiger partial charge is 0.266 e. The number of aliphatic imine (C=N–C) groups is 1. The summed E-state index contributed by atoms with van der Waals surface area (Å²) in [6.07, 6.45) is 2.83. The number of hydrazine groups is 1. The first-order chi connectivity index (χ1) is 22.6. The van der Waals surface area contributed by atoms with Gasteiger partial charge in [-0.3, -0.25) is 10.2 Å². The molecule has 13 heteroatoms. The number of carbonyl (C=O) groups excluding carboxylic acids is 1. The number of ether oxygens (including phenoxy) is 2. The van der Waals surface area contributed by atoms with Crippen molar-refractivity contribution in [3.8, 4) is 5.75 Å². The van der Waals surface area contributed by atoms with Gasteiger partial charge in [0.1, 0.15) is 5.75 Å². The zero-order valence-electron chi connectivity index (χ0n) is 25.5. The first-order valence-electron chi connectivity index (χ1n) is 15.4. The van der Waals surface area contributed by atoms with Gasteiger partial charge in [-0.15, -0.1) is 0 Å². The zero-order valence-corrected chi connectivity index (χ0v) is 25.5. The molecule has 2 aliphatic heterocycles. The van der Waals surface area contributed by atoms with E-state index in [1.165, 1.54) is 0 Å². The molecule has 46 heavy (non-hydrogen) atoms. The van der Waals surface area contributed by atoms with E-state index in [-0.39, 0.29) is 37.9 Å². The largest absolute Gasteiger partial charge is 0.494 e. The molecule has 3 aromatic rings. The lowest BCUT2D eigenvalue weighted by Crippen LogP contribution is -2.56. The summed E-state index contributed by atoms with van der Waals surface area (Å²) in [6, 6.07) is 22.2. The molecule has 2 aliphatic rings. The molecule has 0 aromatic heterocycles. The number of benzene rings is 3. The topological polar surface area (TPSA) is 181 Å². The third-order valence-corrected chi connectivity index (χ3v) is 8.17. The van der Waals surface area contributed by atoms with Crippen LogP contribution in [0, 0.1) is 0 Å². The first-order valence-corrected chi connectivity index (χ1v) is 15.4. The van der Waals surface area contributed by atoms with Crippen LogP contribution in [0.15, 0.2) is 88.0 Å². The van der Waals surface area contributed by atoms with E-state index >= 15 is 0 Å². The van der Waals surface area contributed by atoms with Crippen molar-refractivity contribution in [1.82, 2.24) is 10.4 Å². The standard InChI is InChI=1S/C33H37N9O4/c34-40-36-22-26-10-3-2-9-25(26)21-33(32(44)39-42-17-6-1-7-18-42)30(29-12-5-4-11-27(29)23-37-41-35)46-31(38-33)24-13-15-28(16-14-24)45-20-8-19-43/h2-5,9-16,30,43H,1,6-8,17-23H2,(H,39,44)/t30-,33-/m0/s1. The van der Waals surface area contributed by atoms with Crippen LogP contribution in [0.1, 0.15) is 59.6 Å². The van der Waals surface area contributed by atoms with Gasteiger partial charge in [-0.1, -0.05) is 65.2 Å². The maximum Gasteiger partial charge on any atom is 0.266 e. The van der Waals surface area contributed by atoms with Crippen LogP contribution >= 0.6 is 0 Å². The van der Waals surface area contributed by atoms with E-state index in [0.717, 1.165) is 43.5 Å². The number of aliphatic hydroxyl groups excluding tert-OH is 1. The van der Waals surface area contributed by atoms with Gasteiger partial charge in [-0.25, -0.2) is 10.0 Å². The number of carbonyl (C=O) groups is 1. The number of azide groups is 2. The van der Waals surface area contributed by atoms with E-state index in [2.05, 4.69) is 25.5 Å². The molecule has 1 fully saturated rings. The van der Waals surface area contributed by atoms with Gasteiger partial charge in [0.2, 0.25) is 5.90 Å². The van der Waals surface area contributed by atoms with Crippen LogP contribution in [0.2, 0.25) is 0 Å². The second-order valence-electron chi connectivity index (χ2n) is 11.2. The summed E-state index contributed by atoms with van der Waals surface area (Å²) < 4.78 is 12.4. The van der Waals surface area contributed by atoms with Crippen LogP contribution in [-0.2, 0) is 29.0 Å². The van der Waals surface area contributed by atoms with Gasteiger partial charge in [0, 0.05) is 47.9 Å². The first kappa shape index (κ1) is 32.3. The Labute approximate surface area is 267 Å². The van der Waals surface area contributed by atoms with Crippen LogP contribution in [0.4, 0.5) is 0 Å². The molecule has 0 saturated carbocycles. The maximum absolute atomic E-state index is 14.7. The van der Waals surface area contributed by atoms with Crippen molar-refractivity contribution >= 4 is 11.8 Å². The predicted molar refractivity (Wildman–Crippen MR) is 173 cm³/mol. The predicted octanol–water partition coefficient (Wildman–Crippen LogP) is 6.09. The summed E-state index contributed by atoms with van der Waals surface area (Å²) in [5, 5.41) is 18.6. The minimum absolute atomic E-state index is 0.0405. The molecule has 2 atom stereocenters. The van der Waals surface area contributed by atoms with Crippen LogP contribution in [-0.4, -0.2) is 53.8 Å². The highest BCUT2D eigenvalue weighted by Gasteiger charge is 2.54. The molecule has 2 heterocycles. The number of aliphatic hydroxyl groups is 1. The van der Waals surface area contributed by atoms with Crippen molar-refractivity contribution in [3.63, 3.8) is 0 Å². The average Bonchev–Trinajstić information content (AvgIpc) is 3.48. The van der Waals surface area contributed by atoms with E-state index in [0.29, 0.717) is 35.5 Å². The molecule has 0 radical (unpaired) electrons. The highest BCUT2D eigenvalue weighted by Crippen LogP contribution is 2.44. The molecule has 13 nitrogen and oxygen atoms in total. The molecule has 0 aliphatic carbocycles. The van der Waals surface area contributed by atoms with Gasteiger partial charge in [-0.05, 0) is 70.4 Å².